The van der Waals surface area contributed by atoms with Crippen LogP contribution >= 0.6 is 15.9 Å². The molecule has 0 heterocycles. The molecular weight excluding hydrogens is 330 g/mol. The van der Waals surface area contributed by atoms with Crippen LogP contribution in [0.1, 0.15) is 22.3 Å². The maximum atomic E-state index is 12.1. The zero-order valence-corrected chi connectivity index (χ0v) is 13.5. The lowest BCUT2D eigenvalue weighted by molar-refractivity contribution is 0.0950. The van der Waals surface area contributed by atoms with Crippen molar-refractivity contribution in [3.05, 3.63) is 64.1 Å². The van der Waals surface area contributed by atoms with Crippen molar-refractivity contribution in [2.75, 3.05) is 13.2 Å². The molecule has 0 aromatic heterocycles. The first-order chi connectivity index (χ1) is 10.2. The van der Waals surface area contributed by atoms with E-state index in [0.717, 1.165) is 22.2 Å². The molecule has 2 aromatic rings. The molecule has 2 rings (SSSR count). The molecule has 0 spiro atoms. The Morgan fingerprint density at radius 3 is 2.71 bits per heavy atom. The normalized spacial score (nSPS) is 10.2. The van der Waals surface area contributed by atoms with Gasteiger partial charge >= 0.3 is 0 Å². The second kappa shape index (κ2) is 7.84. The van der Waals surface area contributed by atoms with Gasteiger partial charge in [-0.05, 0) is 53.5 Å². The number of halogens is 1. The summed E-state index contributed by atoms with van der Waals surface area (Å²) in [6.07, 6.45) is 0.768. The number of hydrogen-bond acceptors (Lipinski definition) is 2. The van der Waals surface area contributed by atoms with E-state index in [1.807, 2.05) is 55.5 Å². The number of aryl methyl sites for hydroxylation is 1. The summed E-state index contributed by atoms with van der Waals surface area (Å²) in [6, 6.07) is 15.4. The number of nitrogens with one attached hydrogen (secondary N) is 1. The molecule has 0 aliphatic heterocycles. The standard InChI is InChI=1S/C17H18BrNO2/c1-13-8-9-16(18)15(12-13)17(20)19-10-5-11-21-14-6-3-2-4-7-14/h2-4,6-9,12H,5,10-11H2,1H3,(H,19,20). The first-order valence-electron chi connectivity index (χ1n) is 6.89. The number of carbonyl (C=O) groups is 1. The minimum absolute atomic E-state index is 0.0645. The van der Waals surface area contributed by atoms with E-state index >= 15 is 0 Å². The van der Waals surface area contributed by atoms with Gasteiger partial charge in [0.25, 0.3) is 5.91 Å². The molecule has 0 saturated carbocycles. The van der Waals surface area contributed by atoms with E-state index in [9.17, 15) is 4.79 Å². The van der Waals surface area contributed by atoms with Gasteiger partial charge in [-0.2, -0.15) is 0 Å². The number of amides is 1. The number of ether oxygens (including phenoxy) is 1. The topological polar surface area (TPSA) is 38.3 Å². The van der Waals surface area contributed by atoms with Gasteiger partial charge in [-0.15, -0.1) is 0 Å². The van der Waals surface area contributed by atoms with Crippen molar-refractivity contribution in [1.29, 1.82) is 0 Å². The quantitative estimate of drug-likeness (QED) is 0.803. The number of benzene rings is 2. The zero-order valence-electron chi connectivity index (χ0n) is 11.9. The summed E-state index contributed by atoms with van der Waals surface area (Å²) in [7, 11) is 0. The lowest BCUT2D eigenvalue weighted by atomic mass is 10.1. The molecule has 0 saturated heterocycles. The average Bonchev–Trinajstić information content (AvgIpc) is 2.50. The third kappa shape index (κ3) is 4.90. The van der Waals surface area contributed by atoms with E-state index in [4.69, 9.17) is 4.74 Å². The second-order valence-electron chi connectivity index (χ2n) is 4.75. The number of carbonyl (C=O) groups excluding carboxylic acids is 1. The van der Waals surface area contributed by atoms with Gasteiger partial charge in [0.05, 0.1) is 12.2 Å². The van der Waals surface area contributed by atoms with E-state index in [1.54, 1.807) is 0 Å². The van der Waals surface area contributed by atoms with Crippen LogP contribution in [-0.2, 0) is 0 Å². The van der Waals surface area contributed by atoms with Crippen molar-refractivity contribution < 1.29 is 9.53 Å². The van der Waals surface area contributed by atoms with Crippen molar-refractivity contribution in [2.24, 2.45) is 0 Å². The van der Waals surface area contributed by atoms with Gasteiger partial charge in [-0.1, -0.05) is 29.8 Å². The van der Waals surface area contributed by atoms with Crippen molar-refractivity contribution in [2.45, 2.75) is 13.3 Å². The van der Waals surface area contributed by atoms with Gasteiger partial charge in [-0.25, -0.2) is 0 Å². The number of hydrogen-bond donors (Lipinski definition) is 1. The first-order valence-corrected chi connectivity index (χ1v) is 7.68. The average molecular weight is 348 g/mol. The molecule has 0 bridgehead atoms. The highest BCUT2D eigenvalue weighted by atomic mass is 79.9. The van der Waals surface area contributed by atoms with Crippen LogP contribution in [0.25, 0.3) is 0 Å². The summed E-state index contributed by atoms with van der Waals surface area (Å²) in [5, 5.41) is 2.90. The zero-order chi connectivity index (χ0) is 15.1. The van der Waals surface area contributed by atoms with Crippen LogP contribution < -0.4 is 10.1 Å². The molecule has 0 atom stereocenters. The molecule has 1 N–H and O–H groups in total. The fraction of sp³-hybridized carbons (Fsp3) is 0.235. The summed E-state index contributed by atoms with van der Waals surface area (Å²) >= 11 is 3.40. The lowest BCUT2D eigenvalue weighted by Gasteiger charge is -2.09. The number of para-hydroxylation sites is 1. The molecule has 3 nitrogen and oxygen atoms in total. The second-order valence-corrected chi connectivity index (χ2v) is 5.61. The van der Waals surface area contributed by atoms with Crippen LogP contribution in [0.4, 0.5) is 0 Å². The fourth-order valence-electron chi connectivity index (χ4n) is 1.89. The molecule has 21 heavy (non-hydrogen) atoms. The summed E-state index contributed by atoms with van der Waals surface area (Å²) in [5.74, 6) is 0.788. The molecule has 0 fully saturated rings. The van der Waals surface area contributed by atoms with Crippen molar-refractivity contribution >= 4 is 21.8 Å². The molecule has 0 aliphatic carbocycles. The molecular formula is C17H18BrNO2. The van der Waals surface area contributed by atoms with Gasteiger partial charge in [0.1, 0.15) is 5.75 Å². The molecule has 0 unspecified atom stereocenters. The summed E-state index contributed by atoms with van der Waals surface area (Å²) in [6.45, 7) is 3.14. The monoisotopic (exact) mass is 347 g/mol. The molecule has 110 valence electrons. The third-order valence-corrected chi connectivity index (χ3v) is 3.68. The molecule has 0 aliphatic rings. The smallest absolute Gasteiger partial charge is 0.252 e. The van der Waals surface area contributed by atoms with Crippen LogP contribution in [-0.4, -0.2) is 19.1 Å². The Morgan fingerprint density at radius 2 is 1.95 bits per heavy atom. The Kier molecular flexibility index (Phi) is 5.81. The minimum Gasteiger partial charge on any atom is -0.494 e. The van der Waals surface area contributed by atoms with Crippen LogP contribution in [0.2, 0.25) is 0 Å². The van der Waals surface area contributed by atoms with Crippen molar-refractivity contribution in [1.82, 2.24) is 5.32 Å². The summed E-state index contributed by atoms with van der Waals surface area (Å²) in [4.78, 5) is 12.1. The van der Waals surface area contributed by atoms with Gasteiger partial charge in [-0.3, -0.25) is 4.79 Å². The minimum atomic E-state index is -0.0645. The maximum absolute atomic E-state index is 12.1. The van der Waals surface area contributed by atoms with Crippen LogP contribution in [0.5, 0.6) is 5.75 Å². The molecule has 4 heteroatoms. The van der Waals surface area contributed by atoms with Crippen LogP contribution in [0.15, 0.2) is 53.0 Å². The lowest BCUT2D eigenvalue weighted by Crippen LogP contribution is -2.26. The predicted molar refractivity (Wildman–Crippen MR) is 87.8 cm³/mol. The fourth-order valence-corrected chi connectivity index (χ4v) is 2.32. The first kappa shape index (κ1) is 15.6. The third-order valence-electron chi connectivity index (χ3n) is 2.99. The highest BCUT2D eigenvalue weighted by Gasteiger charge is 2.09. The largest absolute Gasteiger partial charge is 0.494 e. The Morgan fingerprint density at radius 1 is 1.19 bits per heavy atom. The Labute approximate surface area is 133 Å². The summed E-state index contributed by atoms with van der Waals surface area (Å²) in [5.41, 5.74) is 1.73. The van der Waals surface area contributed by atoms with E-state index in [0.29, 0.717) is 18.7 Å². The van der Waals surface area contributed by atoms with Crippen molar-refractivity contribution in [3.8, 4) is 5.75 Å². The van der Waals surface area contributed by atoms with Gasteiger partial charge in [0.2, 0.25) is 0 Å². The summed E-state index contributed by atoms with van der Waals surface area (Å²) < 4.78 is 6.39. The SMILES string of the molecule is Cc1ccc(Br)c(C(=O)NCCCOc2ccccc2)c1. The van der Waals surface area contributed by atoms with Gasteiger partial charge in [0.15, 0.2) is 0 Å². The maximum Gasteiger partial charge on any atom is 0.252 e. The Balaban J connectivity index is 1.73. The number of rotatable bonds is 6. The van der Waals surface area contributed by atoms with E-state index in [-0.39, 0.29) is 5.91 Å². The molecule has 2 aromatic carbocycles. The predicted octanol–water partition coefficient (Wildman–Crippen LogP) is 3.96. The van der Waals surface area contributed by atoms with E-state index in [1.165, 1.54) is 0 Å². The van der Waals surface area contributed by atoms with Crippen LogP contribution in [0, 0.1) is 6.92 Å². The molecule has 0 radical (unpaired) electrons. The highest BCUT2D eigenvalue weighted by molar-refractivity contribution is 9.10. The Hall–Kier alpha value is -1.81. The van der Waals surface area contributed by atoms with Crippen molar-refractivity contribution in [3.63, 3.8) is 0 Å². The van der Waals surface area contributed by atoms with Gasteiger partial charge < -0.3 is 10.1 Å². The van der Waals surface area contributed by atoms with Crippen LogP contribution in [0.3, 0.4) is 0 Å². The van der Waals surface area contributed by atoms with Gasteiger partial charge in [0, 0.05) is 11.0 Å². The van der Waals surface area contributed by atoms with E-state index < -0.39 is 0 Å². The molecule has 1 amide bonds. The highest BCUT2D eigenvalue weighted by Crippen LogP contribution is 2.17. The Bertz CT molecular complexity index is 599. The van der Waals surface area contributed by atoms with E-state index in [2.05, 4.69) is 21.2 Å².